The first kappa shape index (κ1) is 38.9. The molecule has 0 amide bonds. The molecule has 2 aliphatic heterocycles. The van der Waals surface area contributed by atoms with Crippen LogP contribution in [0.15, 0.2) is 170 Å². The van der Waals surface area contributed by atoms with Gasteiger partial charge >= 0.3 is 0 Å². The average molecular weight is 791 g/mol. The van der Waals surface area contributed by atoms with Crippen LogP contribution in [0.3, 0.4) is 0 Å². The third-order valence-electron chi connectivity index (χ3n) is 13.1. The predicted octanol–water partition coefficient (Wildman–Crippen LogP) is 14.1. The molecule has 0 radical (unpaired) electrons. The highest BCUT2D eigenvalue weighted by atomic mass is 15.2. The Morgan fingerprint density at radius 3 is 1.41 bits per heavy atom. The van der Waals surface area contributed by atoms with Gasteiger partial charge in [0, 0.05) is 33.8 Å². The van der Waals surface area contributed by atoms with Gasteiger partial charge in [-0.1, -0.05) is 190 Å². The second kappa shape index (κ2) is 14.1. The van der Waals surface area contributed by atoms with Gasteiger partial charge in [0.05, 0.1) is 5.69 Å². The fourth-order valence-electron chi connectivity index (χ4n) is 9.64. The zero-order valence-electron chi connectivity index (χ0n) is 37.1. The third kappa shape index (κ3) is 6.67. The summed E-state index contributed by atoms with van der Waals surface area (Å²) < 4.78 is 0. The van der Waals surface area contributed by atoms with Crippen LogP contribution in [-0.4, -0.2) is 6.71 Å². The minimum atomic E-state index is -0.0240. The third-order valence-corrected chi connectivity index (χ3v) is 13.1. The minimum Gasteiger partial charge on any atom is -0.311 e. The summed E-state index contributed by atoms with van der Waals surface area (Å²) >= 11 is 0. The molecule has 0 saturated heterocycles. The van der Waals surface area contributed by atoms with E-state index in [1.807, 2.05) is 0 Å². The fraction of sp³-hybridized carbons (Fsp3) is 0.207. The highest BCUT2D eigenvalue weighted by Gasteiger charge is 2.44. The molecule has 0 unspecified atom stereocenters. The SMILES string of the molecule is CC(C)(C)c1ccc(N2c3ccc(C(C)(C)C)cc3B3c4cc(C(C)(C)C)ccc4N(c4cccc5ccccc45)c4cc(-c5ccc(-c6ccccc6)cc5)cc2c43)cc1. The molecular formula is C58H55BN2. The van der Waals surface area contributed by atoms with Gasteiger partial charge in [0.2, 0.25) is 0 Å². The van der Waals surface area contributed by atoms with E-state index in [0.29, 0.717) is 0 Å². The number of rotatable bonds is 4. The molecule has 61 heavy (non-hydrogen) atoms. The Morgan fingerprint density at radius 1 is 0.344 bits per heavy atom. The van der Waals surface area contributed by atoms with E-state index >= 15 is 0 Å². The summed E-state index contributed by atoms with van der Waals surface area (Å²) in [4.78, 5) is 5.14. The first-order valence-corrected chi connectivity index (χ1v) is 22.0. The topological polar surface area (TPSA) is 6.48 Å². The smallest absolute Gasteiger partial charge is 0.252 e. The molecule has 2 aliphatic rings. The van der Waals surface area contributed by atoms with E-state index in [-0.39, 0.29) is 23.0 Å². The lowest BCUT2D eigenvalue weighted by Crippen LogP contribution is -2.61. The van der Waals surface area contributed by atoms with Crippen molar-refractivity contribution in [1.29, 1.82) is 0 Å². The summed E-state index contributed by atoms with van der Waals surface area (Å²) in [7, 11) is 0. The second-order valence-corrected chi connectivity index (χ2v) is 20.3. The molecular weight excluding hydrogens is 735 g/mol. The summed E-state index contributed by atoms with van der Waals surface area (Å²) in [5.74, 6) is 0. The summed E-state index contributed by atoms with van der Waals surface area (Å²) in [5.41, 5.74) is 20.2. The Kier molecular flexibility index (Phi) is 9.00. The molecule has 3 heteroatoms. The quantitative estimate of drug-likeness (QED) is 0.164. The first-order valence-electron chi connectivity index (χ1n) is 22.0. The van der Waals surface area contributed by atoms with Crippen molar-refractivity contribution < 1.29 is 0 Å². The number of benzene rings is 8. The number of fused-ring (bicyclic) bond motifs is 5. The minimum absolute atomic E-state index is 0.0189. The van der Waals surface area contributed by atoms with Crippen molar-refractivity contribution in [2.75, 3.05) is 9.80 Å². The van der Waals surface area contributed by atoms with Crippen LogP contribution in [-0.2, 0) is 16.2 Å². The molecule has 0 fully saturated rings. The molecule has 8 aromatic rings. The predicted molar refractivity (Wildman–Crippen MR) is 265 cm³/mol. The summed E-state index contributed by atoms with van der Waals surface area (Å²) in [6.07, 6.45) is 0. The number of anilines is 6. The number of hydrogen-bond donors (Lipinski definition) is 0. The van der Waals surface area contributed by atoms with Crippen molar-refractivity contribution in [3.63, 3.8) is 0 Å². The molecule has 300 valence electrons. The van der Waals surface area contributed by atoms with Crippen molar-refractivity contribution >= 4 is 68.0 Å². The van der Waals surface area contributed by atoms with Crippen LogP contribution >= 0.6 is 0 Å². The van der Waals surface area contributed by atoms with Crippen LogP contribution in [0, 0.1) is 0 Å². The number of nitrogens with zero attached hydrogens (tertiary/aromatic N) is 2. The zero-order chi connectivity index (χ0) is 42.4. The van der Waals surface area contributed by atoms with E-state index in [1.165, 1.54) is 100 Å². The van der Waals surface area contributed by atoms with E-state index in [0.717, 1.165) is 0 Å². The average Bonchev–Trinajstić information content (AvgIpc) is 3.25. The standard InChI is InChI=1S/C58H55BN2/c1-56(2,3)43-26-30-46(31-27-43)60-51-32-28-44(57(4,5)6)36-48(51)59-49-37-45(58(7,8)9)29-33-52(49)61(50-21-15-19-41-18-13-14-20-47(41)50)54-35-42(34-53(60)55(54)59)40-24-22-39(23-25-40)38-16-11-10-12-17-38/h10-37H,1-9H3. The van der Waals surface area contributed by atoms with Gasteiger partial charge < -0.3 is 9.80 Å². The van der Waals surface area contributed by atoms with Gasteiger partial charge in [0.15, 0.2) is 0 Å². The molecule has 8 aromatic carbocycles. The molecule has 0 saturated carbocycles. The van der Waals surface area contributed by atoms with E-state index in [2.05, 4.69) is 242 Å². The Balaban J connectivity index is 1.32. The molecule has 0 aromatic heterocycles. The lowest BCUT2D eigenvalue weighted by Gasteiger charge is -2.45. The van der Waals surface area contributed by atoms with Crippen LogP contribution in [0.4, 0.5) is 34.1 Å². The highest BCUT2D eigenvalue weighted by molar-refractivity contribution is 7.00. The maximum Gasteiger partial charge on any atom is 0.252 e. The normalized spacial score (nSPS) is 13.6. The van der Waals surface area contributed by atoms with Crippen LogP contribution in [0.25, 0.3) is 33.0 Å². The summed E-state index contributed by atoms with van der Waals surface area (Å²) in [5, 5.41) is 2.47. The van der Waals surface area contributed by atoms with Crippen molar-refractivity contribution in [2.45, 2.75) is 78.6 Å². The Hall–Kier alpha value is -6.32. The Morgan fingerprint density at radius 2 is 0.820 bits per heavy atom. The first-order chi connectivity index (χ1) is 29.1. The highest BCUT2D eigenvalue weighted by Crippen LogP contribution is 2.48. The monoisotopic (exact) mass is 790 g/mol. The fourth-order valence-corrected chi connectivity index (χ4v) is 9.64. The van der Waals surface area contributed by atoms with Gasteiger partial charge in [-0.15, -0.1) is 0 Å². The van der Waals surface area contributed by atoms with Crippen LogP contribution in [0.2, 0.25) is 0 Å². The second-order valence-electron chi connectivity index (χ2n) is 20.3. The van der Waals surface area contributed by atoms with Gasteiger partial charge in [-0.25, -0.2) is 0 Å². The lowest BCUT2D eigenvalue weighted by atomic mass is 9.33. The van der Waals surface area contributed by atoms with Gasteiger partial charge in [0.25, 0.3) is 6.71 Å². The molecule has 0 N–H and O–H groups in total. The van der Waals surface area contributed by atoms with E-state index in [1.54, 1.807) is 0 Å². The van der Waals surface area contributed by atoms with Crippen molar-refractivity contribution in [1.82, 2.24) is 0 Å². The molecule has 10 rings (SSSR count). The molecule has 0 aliphatic carbocycles. The Bertz CT molecular complexity index is 2950. The van der Waals surface area contributed by atoms with Crippen LogP contribution < -0.4 is 26.2 Å². The molecule has 0 atom stereocenters. The van der Waals surface area contributed by atoms with Crippen molar-refractivity contribution in [3.05, 3.63) is 187 Å². The van der Waals surface area contributed by atoms with Gasteiger partial charge in [-0.2, -0.15) is 0 Å². The largest absolute Gasteiger partial charge is 0.311 e. The maximum absolute atomic E-state index is 2.58. The van der Waals surface area contributed by atoms with E-state index < -0.39 is 0 Å². The molecule has 0 bridgehead atoms. The van der Waals surface area contributed by atoms with Crippen LogP contribution in [0.1, 0.15) is 79.0 Å². The number of hydrogen-bond acceptors (Lipinski definition) is 2. The van der Waals surface area contributed by atoms with Gasteiger partial charge in [-0.05, 0) is 119 Å². The molecule has 0 spiro atoms. The zero-order valence-corrected chi connectivity index (χ0v) is 37.1. The van der Waals surface area contributed by atoms with Gasteiger partial charge in [-0.3, -0.25) is 0 Å². The molecule has 2 nitrogen and oxygen atoms in total. The maximum atomic E-state index is 2.58. The Labute approximate surface area is 363 Å². The van der Waals surface area contributed by atoms with Crippen LogP contribution in [0.5, 0.6) is 0 Å². The van der Waals surface area contributed by atoms with E-state index in [9.17, 15) is 0 Å². The summed E-state index contributed by atoms with van der Waals surface area (Å²) in [6.45, 7) is 20.9. The lowest BCUT2D eigenvalue weighted by molar-refractivity contribution is 0.590. The van der Waals surface area contributed by atoms with Gasteiger partial charge in [0.1, 0.15) is 0 Å². The van der Waals surface area contributed by atoms with E-state index in [4.69, 9.17) is 0 Å². The van der Waals surface area contributed by atoms with Crippen molar-refractivity contribution in [3.8, 4) is 22.3 Å². The van der Waals surface area contributed by atoms with Crippen molar-refractivity contribution in [2.24, 2.45) is 0 Å². The summed E-state index contributed by atoms with van der Waals surface area (Å²) in [6, 6.07) is 64.4. The molecule has 2 heterocycles.